The Morgan fingerprint density at radius 1 is 1.60 bits per heavy atom. The largest absolute Gasteiger partial charge is 0.347 e. The van der Waals surface area contributed by atoms with E-state index < -0.39 is 0 Å². The Bertz CT molecular complexity index is 264. The summed E-state index contributed by atoms with van der Waals surface area (Å²) < 4.78 is 0. The van der Waals surface area contributed by atoms with E-state index >= 15 is 0 Å². The van der Waals surface area contributed by atoms with Gasteiger partial charge in [0.15, 0.2) is 0 Å². The molecule has 2 rings (SSSR count). The molecule has 1 fully saturated rings. The molecule has 2 N–H and O–H groups in total. The van der Waals surface area contributed by atoms with E-state index in [9.17, 15) is 0 Å². The van der Waals surface area contributed by atoms with E-state index in [0.717, 1.165) is 18.3 Å². The average molecular weight is 207 g/mol. The van der Waals surface area contributed by atoms with Gasteiger partial charge in [0.05, 0.1) is 6.04 Å². The predicted octanol–water partition coefficient (Wildman–Crippen LogP) is 2.64. The molecule has 1 aromatic rings. The Labute approximate surface area is 91.7 Å². The van der Waals surface area contributed by atoms with Gasteiger partial charge in [-0.2, -0.15) is 0 Å². The summed E-state index contributed by atoms with van der Waals surface area (Å²) in [7, 11) is 0. The van der Waals surface area contributed by atoms with Crippen LogP contribution in [0.3, 0.4) is 0 Å². The number of hydrogen-bond acceptors (Lipinski definition) is 2. The van der Waals surface area contributed by atoms with E-state index in [-0.39, 0.29) is 0 Å². The fourth-order valence-corrected chi connectivity index (χ4v) is 1.93. The fourth-order valence-electron chi connectivity index (χ4n) is 1.93. The van der Waals surface area contributed by atoms with Crippen molar-refractivity contribution in [3.05, 3.63) is 18.2 Å². The standard InChI is InChI=1S/C12H21N3/c1-2-7-13-11(6-5-10-3-4-10)12-14-8-9-15-12/h8-11,13H,2-7H2,1H3,(H,14,15). The summed E-state index contributed by atoms with van der Waals surface area (Å²) in [4.78, 5) is 7.57. The summed E-state index contributed by atoms with van der Waals surface area (Å²) in [6.45, 7) is 3.28. The lowest BCUT2D eigenvalue weighted by molar-refractivity contribution is 0.454. The fraction of sp³-hybridized carbons (Fsp3) is 0.750. The second-order valence-corrected chi connectivity index (χ2v) is 4.50. The molecule has 0 spiro atoms. The molecule has 1 saturated carbocycles. The van der Waals surface area contributed by atoms with Crippen LogP contribution in [0.15, 0.2) is 12.4 Å². The van der Waals surface area contributed by atoms with Gasteiger partial charge < -0.3 is 10.3 Å². The van der Waals surface area contributed by atoms with Gasteiger partial charge in [-0.25, -0.2) is 4.98 Å². The first-order valence-corrected chi connectivity index (χ1v) is 6.12. The van der Waals surface area contributed by atoms with E-state index in [1.54, 1.807) is 0 Å². The minimum atomic E-state index is 0.431. The average Bonchev–Trinajstić information content (AvgIpc) is 2.92. The van der Waals surface area contributed by atoms with Crippen LogP contribution in [0.1, 0.15) is 50.9 Å². The molecular formula is C12H21N3. The van der Waals surface area contributed by atoms with E-state index in [1.807, 2.05) is 12.4 Å². The van der Waals surface area contributed by atoms with Gasteiger partial charge in [-0.3, -0.25) is 0 Å². The molecule has 3 nitrogen and oxygen atoms in total. The van der Waals surface area contributed by atoms with Crippen LogP contribution >= 0.6 is 0 Å². The lowest BCUT2D eigenvalue weighted by Gasteiger charge is -2.15. The first-order valence-electron chi connectivity index (χ1n) is 6.12. The Balaban J connectivity index is 1.83. The molecule has 1 aliphatic carbocycles. The number of hydrogen-bond donors (Lipinski definition) is 2. The van der Waals surface area contributed by atoms with Crippen LogP contribution in [0.5, 0.6) is 0 Å². The van der Waals surface area contributed by atoms with E-state index in [4.69, 9.17) is 0 Å². The van der Waals surface area contributed by atoms with Crippen molar-refractivity contribution in [1.29, 1.82) is 0 Å². The second kappa shape index (κ2) is 5.31. The van der Waals surface area contributed by atoms with Crippen LogP contribution in [0.2, 0.25) is 0 Å². The van der Waals surface area contributed by atoms with Gasteiger partial charge in [0.25, 0.3) is 0 Å². The highest BCUT2D eigenvalue weighted by atomic mass is 15.0. The number of imidazole rings is 1. The summed E-state index contributed by atoms with van der Waals surface area (Å²) in [6.07, 6.45) is 10.4. The zero-order chi connectivity index (χ0) is 10.5. The molecule has 1 aromatic heterocycles. The molecular weight excluding hydrogens is 186 g/mol. The first-order chi connectivity index (χ1) is 7.40. The minimum Gasteiger partial charge on any atom is -0.347 e. The van der Waals surface area contributed by atoms with Crippen LogP contribution in [-0.2, 0) is 0 Å². The van der Waals surface area contributed by atoms with Crippen molar-refractivity contribution in [3.8, 4) is 0 Å². The number of H-pyrrole nitrogens is 1. The van der Waals surface area contributed by atoms with Crippen molar-refractivity contribution in [2.45, 2.75) is 45.1 Å². The van der Waals surface area contributed by atoms with Gasteiger partial charge in [-0.1, -0.05) is 19.8 Å². The van der Waals surface area contributed by atoms with Crippen LogP contribution < -0.4 is 5.32 Å². The van der Waals surface area contributed by atoms with Gasteiger partial charge >= 0.3 is 0 Å². The molecule has 0 saturated heterocycles. The maximum Gasteiger partial charge on any atom is 0.123 e. The number of aromatic amines is 1. The van der Waals surface area contributed by atoms with Crippen LogP contribution in [0.4, 0.5) is 0 Å². The van der Waals surface area contributed by atoms with Crippen molar-refractivity contribution in [3.63, 3.8) is 0 Å². The molecule has 84 valence electrons. The monoisotopic (exact) mass is 207 g/mol. The summed E-state index contributed by atoms with van der Waals surface area (Å²) in [5.41, 5.74) is 0. The molecule has 1 unspecified atom stereocenters. The lowest BCUT2D eigenvalue weighted by atomic mass is 10.1. The van der Waals surface area contributed by atoms with Crippen molar-refractivity contribution >= 4 is 0 Å². The molecule has 0 amide bonds. The normalized spacial score (nSPS) is 17.9. The molecule has 0 radical (unpaired) electrons. The topological polar surface area (TPSA) is 40.7 Å². The predicted molar refractivity (Wildman–Crippen MR) is 61.6 cm³/mol. The van der Waals surface area contributed by atoms with Crippen molar-refractivity contribution < 1.29 is 0 Å². The molecule has 15 heavy (non-hydrogen) atoms. The third kappa shape index (κ3) is 3.34. The van der Waals surface area contributed by atoms with Gasteiger partial charge in [0, 0.05) is 12.4 Å². The highest BCUT2D eigenvalue weighted by Crippen LogP contribution is 2.35. The zero-order valence-corrected chi connectivity index (χ0v) is 9.50. The Morgan fingerprint density at radius 2 is 2.47 bits per heavy atom. The SMILES string of the molecule is CCCNC(CCC1CC1)c1ncc[nH]1. The number of aromatic nitrogens is 2. The Hall–Kier alpha value is -0.830. The van der Waals surface area contributed by atoms with Gasteiger partial charge in [-0.15, -0.1) is 0 Å². The van der Waals surface area contributed by atoms with E-state index in [2.05, 4.69) is 22.2 Å². The molecule has 1 aliphatic rings. The molecule has 1 atom stereocenters. The highest BCUT2D eigenvalue weighted by Gasteiger charge is 2.23. The summed E-state index contributed by atoms with van der Waals surface area (Å²) in [5, 5.41) is 3.56. The second-order valence-electron chi connectivity index (χ2n) is 4.50. The quantitative estimate of drug-likeness (QED) is 0.721. The molecule has 0 bridgehead atoms. The summed E-state index contributed by atoms with van der Waals surface area (Å²) in [6, 6.07) is 0.431. The van der Waals surface area contributed by atoms with Crippen molar-refractivity contribution in [2.75, 3.05) is 6.54 Å². The third-order valence-electron chi connectivity index (χ3n) is 3.05. The highest BCUT2D eigenvalue weighted by molar-refractivity contribution is 4.96. The smallest absolute Gasteiger partial charge is 0.123 e. The van der Waals surface area contributed by atoms with Crippen molar-refractivity contribution in [1.82, 2.24) is 15.3 Å². The van der Waals surface area contributed by atoms with E-state index in [1.165, 1.54) is 32.1 Å². The maximum atomic E-state index is 4.35. The van der Waals surface area contributed by atoms with Crippen LogP contribution in [0.25, 0.3) is 0 Å². The summed E-state index contributed by atoms with van der Waals surface area (Å²) in [5.74, 6) is 2.11. The zero-order valence-electron chi connectivity index (χ0n) is 9.50. The maximum absolute atomic E-state index is 4.35. The number of rotatable bonds is 7. The minimum absolute atomic E-state index is 0.431. The first kappa shape index (κ1) is 10.7. The molecule has 3 heteroatoms. The van der Waals surface area contributed by atoms with Gasteiger partial charge in [-0.05, 0) is 31.7 Å². The Kier molecular flexibility index (Phi) is 3.78. The Morgan fingerprint density at radius 3 is 3.07 bits per heavy atom. The molecule has 1 heterocycles. The van der Waals surface area contributed by atoms with Gasteiger partial charge in [0.1, 0.15) is 5.82 Å². The van der Waals surface area contributed by atoms with Crippen LogP contribution in [0, 0.1) is 5.92 Å². The molecule has 0 aromatic carbocycles. The lowest BCUT2D eigenvalue weighted by Crippen LogP contribution is -2.23. The third-order valence-corrected chi connectivity index (χ3v) is 3.05. The van der Waals surface area contributed by atoms with Crippen LogP contribution in [-0.4, -0.2) is 16.5 Å². The summed E-state index contributed by atoms with van der Waals surface area (Å²) >= 11 is 0. The molecule has 0 aliphatic heterocycles. The number of nitrogens with zero attached hydrogens (tertiary/aromatic N) is 1. The van der Waals surface area contributed by atoms with Crippen molar-refractivity contribution in [2.24, 2.45) is 5.92 Å². The van der Waals surface area contributed by atoms with Gasteiger partial charge in [0.2, 0.25) is 0 Å². The number of nitrogens with one attached hydrogen (secondary N) is 2. The van der Waals surface area contributed by atoms with E-state index in [0.29, 0.717) is 6.04 Å².